The van der Waals surface area contributed by atoms with Crippen LogP contribution in [0, 0.1) is 0 Å². The lowest BCUT2D eigenvalue weighted by Crippen LogP contribution is -1.94. The molecule has 0 saturated carbocycles. The van der Waals surface area contributed by atoms with Crippen LogP contribution in [0.2, 0.25) is 0 Å². The van der Waals surface area contributed by atoms with E-state index in [-0.39, 0.29) is 0 Å². The molecule has 0 aliphatic carbocycles. The Bertz CT molecular complexity index is 672. The molecule has 0 radical (unpaired) electrons. The van der Waals surface area contributed by atoms with Crippen molar-refractivity contribution in [3.05, 3.63) is 36.7 Å². The molecule has 3 rings (SSSR count). The van der Waals surface area contributed by atoms with Gasteiger partial charge in [-0.1, -0.05) is 29.5 Å². The van der Waals surface area contributed by atoms with Gasteiger partial charge in [-0.3, -0.25) is 4.98 Å². The quantitative estimate of drug-likeness (QED) is 0.782. The Balaban J connectivity index is 2.12. The van der Waals surface area contributed by atoms with Gasteiger partial charge in [-0.05, 0) is 18.4 Å². The van der Waals surface area contributed by atoms with Crippen LogP contribution in [0.25, 0.3) is 21.3 Å². The monoisotopic (exact) mass is 256 g/mol. The molecule has 18 heavy (non-hydrogen) atoms. The Morgan fingerprint density at radius 3 is 3.06 bits per heavy atom. The number of fused-ring (bicyclic) bond motifs is 1. The summed E-state index contributed by atoms with van der Waals surface area (Å²) in [5.41, 5.74) is 1.11. The zero-order valence-corrected chi connectivity index (χ0v) is 10.7. The highest BCUT2D eigenvalue weighted by molar-refractivity contribution is 7.18. The van der Waals surface area contributed by atoms with Crippen molar-refractivity contribution in [1.29, 1.82) is 0 Å². The summed E-state index contributed by atoms with van der Waals surface area (Å²) in [7, 11) is 0. The van der Waals surface area contributed by atoms with Crippen LogP contribution in [0.5, 0.6) is 0 Å². The maximum absolute atomic E-state index is 4.24. The van der Waals surface area contributed by atoms with Crippen LogP contribution < -0.4 is 5.32 Å². The molecule has 1 N–H and O–H groups in total. The summed E-state index contributed by atoms with van der Waals surface area (Å²) >= 11 is 1.57. The number of nitrogens with one attached hydrogen (secondary N) is 1. The van der Waals surface area contributed by atoms with Gasteiger partial charge in [0.2, 0.25) is 5.13 Å². The second-order valence-electron chi connectivity index (χ2n) is 3.85. The second kappa shape index (κ2) is 4.70. The van der Waals surface area contributed by atoms with Crippen LogP contribution in [0.4, 0.5) is 5.13 Å². The van der Waals surface area contributed by atoms with Gasteiger partial charge in [-0.2, -0.15) is 0 Å². The van der Waals surface area contributed by atoms with Crippen LogP contribution in [-0.2, 0) is 0 Å². The number of nitrogens with zero attached hydrogens (tertiary/aromatic N) is 3. The maximum Gasteiger partial charge on any atom is 0.205 e. The summed E-state index contributed by atoms with van der Waals surface area (Å²) in [6, 6.07) is 8.16. The second-order valence-corrected chi connectivity index (χ2v) is 4.82. The van der Waals surface area contributed by atoms with Gasteiger partial charge in [-0.15, -0.1) is 10.2 Å². The first-order chi connectivity index (χ1) is 8.88. The first-order valence-electron chi connectivity index (χ1n) is 5.79. The van der Waals surface area contributed by atoms with E-state index in [4.69, 9.17) is 0 Å². The third-order valence-electron chi connectivity index (χ3n) is 2.66. The molecule has 0 fully saturated rings. The zero-order valence-electron chi connectivity index (χ0n) is 9.92. The van der Waals surface area contributed by atoms with Gasteiger partial charge in [0.1, 0.15) is 5.01 Å². The standard InChI is InChI=1S/C13H12N4S/c1-2-15-13-17-16-12(18-13)11-5-3-4-9-8-14-7-6-10(9)11/h3-8H,2H2,1H3,(H,15,17). The molecule has 2 aromatic heterocycles. The minimum Gasteiger partial charge on any atom is -0.360 e. The molecule has 3 aromatic rings. The van der Waals surface area contributed by atoms with E-state index < -0.39 is 0 Å². The van der Waals surface area contributed by atoms with E-state index in [0.717, 1.165) is 33.0 Å². The summed E-state index contributed by atoms with van der Waals surface area (Å²) in [6.07, 6.45) is 3.67. The smallest absolute Gasteiger partial charge is 0.205 e. The van der Waals surface area contributed by atoms with E-state index in [1.165, 1.54) is 0 Å². The van der Waals surface area contributed by atoms with E-state index in [1.54, 1.807) is 17.5 Å². The molecule has 0 bridgehead atoms. The van der Waals surface area contributed by atoms with E-state index in [1.807, 2.05) is 25.3 Å². The first-order valence-corrected chi connectivity index (χ1v) is 6.60. The third kappa shape index (κ3) is 1.93. The molecule has 5 heteroatoms. The Hall–Kier alpha value is -2.01. The lowest BCUT2D eigenvalue weighted by molar-refractivity contribution is 1.07. The predicted octanol–water partition coefficient (Wildman–Crippen LogP) is 3.19. The van der Waals surface area contributed by atoms with Crippen LogP contribution in [0.3, 0.4) is 0 Å². The summed E-state index contributed by atoms with van der Waals surface area (Å²) in [4.78, 5) is 4.14. The molecule has 0 spiro atoms. The molecule has 0 amide bonds. The normalized spacial score (nSPS) is 10.7. The van der Waals surface area contributed by atoms with Crippen molar-refractivity contribution in [2.24, 2.45) is 0 Å². The van der Waals surface area contributed by atoms with E-state index in [0.29, 0.717) is 0 Å². The number of anilines is 1. The summed E-state index contributed by atoms with van der Waals surface area (Å²) < 4.78 is 0. The fourth-order valence-electron chi connectivity index (χ4n) is 1.86. The van der Waals surface area contributed by atoms with Crippen LogP contribution in [-0.4, -0.2) is 21.7 Å². The Morgan fingerprint density at radius 2 is 2.17 bits per heavy atom. The van der Waals surface area contributed by atoms with Crippen LogP contribution >= 0.6 is 11.3 Å². The highest BCUT2D eigenvalue weighted by atomic mass is 32.1. The van der Waals surface area contributed by atoms with Crippen molar-refractivity contribution in [2.75, 3.05) is 11.9 Å². The van der Waals surface area contributed by atoms with Gasteiger partial charge in [0.05, 0.1) is 0 Å². The number of hydrogen-bond donors (Lipinski definition) is 1. The molecule has 1 aromatic carbocycles. The highest BCUT2D eigenvalue weighted by Gasteiger charge is 2.09. The summed E-state index contributed by atoms with van der Waals surface area (Å²) in [5.74, 6) is 0. The van der Waals surface area contributed by atoms with Crippen molar-refractivity contribution >= 4 is 27.2 Å². The number of aromatic nitrogens is 3. The van der Waals surface area contributed by atoms with Crippen LogP contribution in [0.15, 0.2) is 36.7 Å². The van der Waals surface area contributed by atoms with Gasteiger partial charge < -0.3 is 5.32 Å². The Labute approximate surface area is 109 Å². The molecule has 0 saturated heterocycles. The van der Waals surface area contributed by atoms with Gasteiger partial charge in [0.15, 0.2) is 0 Å². The average molecular weight is 256 g/mol. The molecule has 4 nitrogen and oxygen atoms in total. The largest absolute Gasteiger partial charge is 0.360 e. The van der Waals surface area contributed by atoms with Crippen molar-refractivity contribution < 1.29 is 0 Å². The van der Waals surface area contributed by atoms with E-state index in [9.17, 15) is 0 Å². The predicted molar refractivity (Wildman–Crippen MR) is 74.8 cm³/mol. The third-order valence-corrected chi connectivity index (χ3v) is 3.58. The van der Waals surface area contributed by atoms with E-state index in [2.05, 4.69) is 32.6 Å². The van der Waals surface area contributed by atoms with Crippen molar-refractivity contribution in [3.63, 3.8) is 0 Å². The van der Waals surface area contributed by atoms with Gasteiger partial charge >= 0.3 is 0 Å². The molecule has 0 aliphatic heterocycles. The zero-order chi connectivity index (χ0) is 12.4. The number of hydrogen-bond acceptors (Lipinski definition) is 5. The van der Waals surface area contributed by atoms with Crippen molar-refractivity contribution in [3.8, 4) is 10.6 Å². The van der Waals surface area contributed by atoms with Gasteiger partial charge in [0.25, 0.3) is 0 Å². The molecule has 0 atom stereocenters. The topological polar surface area (TPSA) is 50.7 Å². The molecular formula is C13H12N4S. The average Bonchev–Trinajstić information content (AvgIpc) is 2.87. The van der Waals surface area contributed by atoms with E-state index >= 15 is 0 Å². The maximum atomic E-state index is 4.24. The fourth-order valence-corrected chi connectivity index (χ4v) is 2.71. The SMILES string of the molecule is CCNc1nnc(-c2cccc3cnccc23)s1. The van der Waals surface area contributed by atoms with Gasteiger partial charge in [0, 0.05) is 29.9 Å². The highest BCUT2D eigenvalue weighted by Crippen LogP contribution is 2.31. The molecular weight excluding hydrogens is 244 g/mol. The Kier molecular flexibility index (Phi) is 2.90. The Morgan fingerprint density at radius 1 is 1.22 bits per heavy atom. The van der Waals surface area contributed by atoms with Crippen molar-refractivity contribution in [1.82, 2.24) is 15.2 Å². The van der Waals surface area contributed by atoms with Crippen LogP contribution in [0.1, 0.15) is 6.92 Å². The minimum absolute atomic E-state index is 0.855. The number of benzene rings is 1. The minimum atomic E-state index is 0.855. The lowest BCUT2D eigenvalue weighted by atomic mass is 10.1. The molecule has 90 valence electrons. The number of rotatable bonds is 3. The molecule has 0 unspecified atom stereocenters. The first kappa shape index (κ1) is 11.1. The van der Waals surface area contributed by atoms with Gasteiger partial charge in [-0.25, -0.2) is 0 Å². The fraction of sp³-hybridized carbons (Fsp3) is 0.154. The summed E-state index contributed by atoms with van der Waals surface area (Å²) in [5, 5.41) is 15.6. The summed E-state index contributed by atoms with van der Waals surface area (Å²) in [6.45, 7) is 2.90. The lowest BCUT2D eigenvalue weighted by Gasteiger charge is -2.01. The number of pyridine rings is 1. The molecule has 0 aliphatic rings. The van der Waals surface area contributed by atoms with Crippen molar-refractivity contribution in [2.45, 2.75) is 6.92 Å². The molecule has 2 heterocycles.